The van der Waals surface area contributed by atoms with Crippen LogP contribution in [0.3, 0.4) is 0 Å². The molecule has 0 saturated carbocycles. The normalized spacial score (nSPS) is 12.5. The molecule has 1 N–H and O–H groups in total. The van der Waals surface area contributed by atoms with E-state index in [2.05, 4.69) is 10.3 Å². The van der Waals surface area contributed by atoms with Gasteiger partial charge in [0.15, 0.2) is 0 Å². The molecular weight excluding hydrogens is 364 g/mol. The smallest absolute Gasteiger partial charge is 0.275 e. The molecule has 26 heavy (non-hydrogen) atoms. The molecule has 1 unspecified atom stereocenters. The van der Waals surface area contributed by atoms with Gasteiger partial charge in [0.25, 0.3) is 15.9 Å². The Balaban J connectivity index is 1.82. The third kappa shape index (κ3) is 3.47. The van der Waals surface area contributed by atoms with Gasteiger partial charge in [0.1, 0.15) is 11.5 Å². The van der Waals surface area contributed by atoms with E-state index in [0.717, 1.165) is 24.5 Å². The minimum atomic E-state index is -4.55. The summed E-state index contributed by atoms with van der Waals surface area (Å²) in [5.41, 5.74) is -2.90. The van der Waals surface area contributed by atoms with Crippen molar-refractivity contribution in [2.24, 2.45) is 0 Å². The molecule has 1 amide bonds. The molecule has 0 radical (unpaired) electrons. The molecular formula is C17H13F2N3O3S. The van der Waals surface area contributed by atoms with E-state index in [1.165, 1.54) is 30.5 Å². The number of aromatic nitrogens is 2. The Hall–Kier alpha value is -3.07. The van der Waals surface area contributed by atoms with Gasteiger partial charge in [-0.1, -0.05) is 24.3 Å². The average molecular weight is 377 g/mol. The summed E-state index contributed by atoms with van der Waals surface area (Å²) in [5, 5.41) is 2.46. The molecule has 3 rings (SSSR count). The first-order chi connectivity index (χ1) is 12.4. The molecule has 9 heteroatoms. The van der Waals surface area contributed by atoms with Gasteiger partial charge in [0.05, 0.1) is 5.69 Å². The molecule has 0 bridgehead atoms. The number of amides is 1. The van der Waals surface area contributed by atoms with Gasteiger partial charge in [-0.05, 0) is 24.3 Å². The van der Waals surface area contributed by atoms with Crippen LogP contribution < -0.4 is 5.32 Å². The maximum atomic E-state index is 14.5. The van der Waals surface area contributed by atoms with E-state index in [1.54, 1.807) is 12.1 Å². The lowest BCUT2D eigenvalue weighted by Gasteiger charge is -2.11. The molecule has 6 nitrogen and oxygen atoms in total. The van der Waals surface area contributed by atoms with Crippen molar-refractivity contribution in [3.8, 4) is 0 Å². The van der Waals surface area contributed by atoms with Gasteiger partial charge in [0.2, 0.25) is 5.50 Å². The summed E-state index contributed by atoms with van der Waals surface area (Å²) in [4.78, 5) is 15.9. The Morgan fingerprint density at radius 1 is 1.12 bits per heavy atom. The number of pyridine rings is 1. The predicted octanol–water partition coefficient (Wildman–Crippen LogP) is 3.12. The minimum Gasteiger partial charge on any atom is -0.319 e. The lowest BCUT2D eigenvalue weighted by atomic mass is 10.2. The van der Waals surface area contributed by atoms with Gasteiger partial charge in [0, 0.05) is 24.2 Å². The van der Waals surface area contributed by atoms with E-state index < -0.39 is 32.8 Å². The molecule has 3 aromatic rings. The van der Waals surface area contributed by atoms with Crippen molar-refractivity contribution in [1.29, 1.82) is 0 Å². The fourth-order valence-electron chi connectivity index (χ4n) is 2.23. The molecule has 0 aliphatic rings. The third-order valence-corrected chi connectivity index (χ3v) is 5.12. The van der Waals surface area contributed by atoms with E-state index in [9.17, 15) is 22.0 Å². The van der Waals surface area contributed by atoms with Crippen LogP contribution in [0.15, 0.2) is 67.1 Å². The van der Waals surface area contributed by atoms with Crippen LogP contribution in [-0.2, 0) is 10.0 Å². The lowest BCUT2D eigenvalue weighted by Crippen LogP contribution is -2.18. The van der Waals surface area contributed by atoms with Crippen LogP contribution >= 0.6 is 0 Å². The van der Waals surface area contributed by atoms with Crippen molar-refractivity contribution in [3.05, 3.63) is 84.2 Å². The second kappa shape index (κ2) is 7.04. The fourth-order valence-corrected chi connectivity index (χ4v) is 3.44. The summed E-state index contributed by atoms with van der Waals surface area (Å²) in [7, 11) is -4.55. The minimum absolute atomic E-state index is 0.130. The van der Waals surface area contributed by atoms with Crippen LogP contribution in [0.2, 0.25) is 0 Å². The highest BCUT2D eigenvalue weighted by Crippen LogP contribution is 2.28. The number of carbonyl (C=O) groups is 1. The van der Waals surface area contributed by atoms with Crippen molar-refractivity contribution in [3.63, 3.8) is 0 Å². The number of carbonyl (C=O) groups excluding carboxylic acids is 1. The highest BCUT2D eigenvalue weighted by atomic mass is 32.2. The van der Waals surface area contributed by atoms with Crippen LogP contribution in [0, 0.1) is 5.82 Å². The maximum absolute atomic E-state index is 14.5. The zero-order valence-electron chi connectivity index (χ0n) is 13.2. The number of rotatable bonds is 5. The maximum Gasteiger partial charge on any atom is 0.275 e. The first-order valence-corrected chi connectivity index (χ1v) is 8.93. The molecule has 0 aliphatic carbocycles. The van der Waals surface area contributed by atoms with Crippen molar-refractivity contribution in [1.82, 2.24) is 8.96 Å². The Morgan fingerprint density at radius 3 is 2.54 bits per heavy atom. The fraction of sp³-hybridized carbons (Fsp3) is 0.0588. The molecule has 0 saturated heterocycles. The Labute approximate surface area is 148 Å². The number of nitrogens with one attached hydrogen (secondary N) is 1. The quantitative estimate of drug-likeness (QED) is 0.741. The highest BCUT2D eigenvalue weighted by Gasteiger charge is 2.30. The number of benzene rings is 1. The first kappa shape index (κ1) is 17.7. The van der Waals surface area contributed by atoms with Crippen molar-refractivity contribution in [2.45, 2.75) is 5.50 Å². The van der Waals surface area contributed by atoms with E-state index in [4.69, 9.17) is 0 Å². The van der Waals surface area contributed by atoms with Gasteiger partial charge in [-0.15, -0.1) is 0 Å². The van der Waals surface area contributed by atoms with Crippen LogP contribution in [-0.4, -0.2) is 23.3 Å². The van der Waals surface area contributed by atoms with E-state index >= 15 is 0 Å². The zero-order valence-corrected chi connectivity index (χ0v) is 14.0. The van der Waals surface area contributed by atoms with E-state index in [0.29, 0.717) is 3.97 Å². The van der Waals surface area contributed by atoms with E-state index in [-0.39, 0.29) is 11.4 Å². The number of hydrogen-bond donors (Lipinski definition) is 1. The van der Waals surface area contributed by atoms with Gasteiger partial charge >= 0.3 is 0 Å². The summed E-state index contributed by atoms with van der Waals surface area (Å²) < 4.78 is 53.4. The summed E-state index contributed by atoms with van der Waals surface area (Å²) in [6.45, 7) is 0. The number of halogens is 2. The second-order valence-corrected chi connectivity index (χ2v) is 7.15. The summed E-state index contributed by atoms with van der Waals surface area (Å²) in [6, 6.07) is 10.7. The Kier molecular flexibility index (Phi) is 4.81. The number of alkyl halides is 1. The molecule has 1 aromatic carbocycles. The number of hydrogen-bond acceptors (Lipinski definition) is 4. The van der Waals surface area contributed by atoms with Crippen LogP contribution in [0.1, 0.15) is 21.6 Å². The summed E-state index contributed by atoms with van der Waals surface area (Å²) in [6.07, 6.45) is 3.53. The molecule has 2 heterocycles. The first-order valence-electron chi connectivity index (χ1n) is 7.43. The SMILES string of the molecule is O=C(Nc1ccn(S(=O)(=O)C(F)c2ccccc2F)c1)c1ccccn1. The average Bonchev–Trinajstić information content (AvgIpc) is 3.11. The predicted molar refractivity (Wildman–Crippen MR) is 91.2 cm³/mol. The van der Waals surface area contributed by atoms with Gasteiger partial charge < -0.3 is 5.32 Å². The summed E-state index contributed by atoms with van der Waals surface area (Å²) in [5.74, 6) is -1.51. The number of nitrogens with zero attached hydrogens (tertiary/aromatic N) is 2. The van der Waals surface area contributed by atoms with Gasteiger partial charge in [-0.2, -0.15) is 0 Å². The zero-order chi connectivity index (χ0) is 18.7. The van der Waals surface area contributed by atoms with Crippen LogP contribution in [0.25, 0.3) is 0 Å². The Morgan fingerprint density at radius 2 is 1.85 bits per heavy atom. The molecule has 134 valence electrons. The highest BCUT2D eigenvalue weighted by molar-refractivity contribution is 7.90. The van der Waals surface area contributed by atoms with Gasteiger partial charge in [-0.25, -0.2) is 21.2 Å². The van der Waals surface area contributed by atoms with E-state index in [1.807, 2.05) is 0 Å². The monoisotopic (exact) mass is 377 g/mol. The standard InChI is InChI=1S/C17H13F2N3O3S/c18-14-6-2-1-5-13(14)16(19)26(24,25)22-10-8-12(11-22)21-17(23)15-7-3-4-9-20-15/h1-11,16H,(H,21,23). The summed E-state index contributed by atoms with van der Waals surface area (Å²) >= 11 is 0. The second-order valence-electron chi connectivity index (χ2n) is 5.28. The molecule has 0 spiro atoms. The third-order valence-electron chi connectivity index (χ3n) is 3.53. The molecule has 1 atom stereocenters. The van der Waals surface area contributed by atoms with Crippen molar-refractivity contribution in [2.75, 3.05) is 5.32 Å². The molecule has 0 fully saturated rings. The van der Waals surface area contributed by atoms with Crippen molar-refractivity contribution >= 4 is 21.6 Å². The number of anilines is 1. The van der Waals surface area contributed by atoms with Crippen LogP contribution in [0.5, 0.6) is 0 Å². The largest absolute Gasteiger partial charge is 0.319 e. The molecule has 0 aliphatic heterocycles. The Bertz CT molecular complexity index is 1040. The lowest BCUT2D eigenvalue weighted by molar-refractivity contribution is 0.102. The van der Waals surface area contributed by atoms with Crippen molar-refractivity contribution < 1.29 is 22.0 Å². The molecule has 2 aromatic heterocycles. The van der Waals surface area contributed by atoms with Crippen LogP contribution in [0.4, 0.5) is 14.5 Å². The topological polar surface area (TPSA) is 81.1 Å². The van der Waals surface area contributed by atoms with Gasteiger partial charge in [-0.3, -0.25) is 9.78 Å².